The van der Waals surface area contributed by atoms with Gasteiger partial charge in [0.15, 0.2) is 0 Å². The number of rotatable bonds is 2. The van der Waals surface area contributed by atoms with E-state index in [1.165, 1.54) is 25.7 Å². The van der Waals surface area contributed by atoms with Gasteiger partial charge in [-0.25, -0.2) is 0 Å². The molecule has 0 heterocycles. The molecule has 0 aromatic carbocycles. The molecule has 1 nitrogen and oxygen atoms in total. The molecule has 2 aliphatic carbocycles. The molecule has 0 aromatic rings. The van der Waals surface area contributed by atoms with E-state index in [4.69, 9.17) is 5.73 Å². The Hall–Kier alpha value is -0.480. The molecule has 72 valence electrons. The molecular weight excluding hydrogens is 158 g/mol. The fourth-order valence-electron chi connectivity index (χ4n) is 3.04. The van der Waals surface area contributed by atoms with Crippen LogP contribution in [0, 0.1) is 29.6 Å². The predicted molar refractivity (Wildman–Crippen MR) is 55.0 cm³/mol. The van der Waals surface area contributed by atoms with Crippen molar-refractivity contribution in [2.45, 2.75) is 45.1 Å². The summed E-state index contributed by atoms with van der Waals surface area (Å²) in [5, 5.41) is 0. The van der Waals surface area contributed by atoms with Crippen molar-refractivity contribution in [2.24, 2.45) is 23.5 Å². The lowest BCUT2D eigenvalue weighted by molar-refractivity contribution is 0.480. The summed E-state index contributed by atoms with van der Waals surface area (Å²) in [4.78, 5) is 0. The molecule has 0 radical (unpaired) electrons. The van der Waals surface area contributed by atoms with Crippen molar-refractivity contribution in [3.05, 3.63) is 0 Å². The first-order chi connectivity index (χ1) is 6.34. The zero-order chi connectivity index (χ0) is 9.26. The van der Waals surface area contributed by atoms with Crippen molar-refractivity contribution in [3.63, 3.8) is 0 Å². The lowest BCUT2D eigenvalue weighted by Gasteiger charge is -2.05. The van der Waals surface area contributed by atoms with E-state index in [1.807, 2.05) is 6.92 Å². The minimum atomic E-state index is 0.362. The van der Waals surface area contributed by atoms with Gasteiger partial charge in [-0.15, -0.1) is 11.8 Å². The molecule has 0 aromatic heterocycles. The van der Waals surface area contributed by atoms with E-state index in [-0.39, 0.29) is 0 Å². The van der Waals surface area contributed by atoms with Gasteiger partial charge in [0.2, 0.25) is 0 Å². The van der Waals surface area contributed by atoms with E-state index in [2.05, 4.69) is 11.8 Å². The van der Waals surface area contributed by atoms with Crippen LogP contribution >= 0.6 is 0 Å². The molecule has 2 rings (SSSR count). The Balaban J connectivity index is 1.84. The molecule has 0 bridgehead atoms. The number of nitrogens with two attached hydrogens (primary N) is 1. The maximum atomic E-state index is 6.12. The summed E-state index contributed by atoms with van der Waals surface area (Å²) in [6, 6.07) is 0.362. The highest BCUT2D eigenvalue weighted by atomic mass is 14.7. The summed E-state index contributed by atoms with van der Waals surface area (Å²) in [6.07, 6.45) is 6.65. The van der Waals surface area contributed by atoms with Gasteiger partial charge >= 0.3 is 0 Å². The van der Waals surface area contributed by atoms with E-state index >= 15 is 0 Å². The molecule has 2 fully saturated rings. The molecule has 0 spiro atoms. The lowest BCUT2D eigenvalue weighted by Crippen LogP contribution is -2.23. The van der Waals surface area contributed by atoms with Crippen LogP contribution in [-0.2, 0) is 0 Å². The third-order valence-corrected chi connectivity index (χ3v) is 3.73. The maximum absolute atomic E-state index is 6.12. The van der Waals surface area contributed by atoms with Crippen LogP contribution in [-0.4, -0.2) is 6.04 Å². The van der Waals surface area contributed by atoms with Crippen molar-refractivity contribution >= 4 is 0 Å². The largest absolute Gasteiger partial charge is 0.327 e. The summed E-state index contributed by atoms with van der Waals surface area (Å²) >= 11 is 0. The van der Waals surface area contributed by atoms with E-state index < -0.39 is 0 Å². The van der Waals surface area contributed by atoms with Crippen LogP contribution in [0.4, 0.5) is 0 Å². The molecule has 0 aliphatic heterocycles. The van der Waals surface area contributed by atoms with Gasteiger partial charge in [-0.2, -0.15) is 0 Å². The van der Waals surface area contributed by atoms with Crippen LogP contribution < -0.4 is 5.73 Å². The Kier molecular flexibility index (Phi) is 2.60. The number of fused-ring (bicyclic) bond motifs is 1. The van der Waals surface area contributed by atoms with Crippen molar-refractivity contribution in [1.82, 2.24) is 0 Å². The number of hydrogen-bond donors (Lipinski definition) is 1. The first-order valence-corrected chi connectivity index (χ1v) is 5.49. The maximum Gasteiger partial charge on any atom is 0.0243 e. The lowest BCUT2D eigenvalue weighted by atomic mass is 10.0. The van der Waals surface area contributed by atoms with Crippen molar-refractivity contribution < 1.29 is 0 Å². The van der Waals surface area contributed by atoms with Gasteiger partial charge in [-0.1, -0.05) is 12.8 Å². The van der Waals surface area contributed by atoms with Crippen LogP contribution in [0.5, 0.6) is 0 Å². The fraction of sp³-hybridized carbons (Fsp3) is 0.833. The third-order valence-electron chi connectivity index (χ3n) is 3.73. The standard InChI is InChI=1S/C12H19N/c1-2-3-8-11(13)12-9-6-4-5-7-10(9)12/h9-12H,4-8,13H2,1H3. The molecular formula is C12H19N. The molecule has 13 heavy (non-hydrogen) atoms. The highest BCUT2D eigenvalue weighted by molar-refractivity contribution is 5.08. The Morgan fingerprint density at radius 3 is 2.46 bits per heavy atom. The van der Waals surface area contributed by atoms with E-state index in [1.54, 1.807) is 0 Å². The smallest absolute Gasteiger partial charge is 0.0243 e. The van der Waals surface area contributed by atoms with E-state index in [0.29, 0.717) is 6.04 Å². The molecule has 2 N–H and O–H groups in total. The van der Waals surface area contributed by atoms with Crippen molar-refractivity contribution in [2.75, 3.05) is 0 Å². The highest BCUT2D eigenvalue weighted by Crippen LogP contribution is 2.56. The SMILES string of the molecule is CC#CCC(N)C1C2CCCCC21. The monoisotopic (exact) mass is 177 g/mol. The molecule has 2 aliphatic rings. The molecule has 1 heteroatoms. The summed E-state index contributed by atoms with van der Waals surface area (Å²) in [5.41, 5.74) is 6.12. The average molecular weight is 177 g/mol. The van der Waals surface area contributed by atoms with E-state index in [0.717, 1.165) is 24.2 Å². The summed E-state index contributed by atoms with van der Waals surface area (Å²) < 4.78 is 0. The van der Waals surface area contributed by atoms with Crippen molar-refractivity contribution in [1.29, 1.82) is 0 Å². The summed E-state index contributed by atoms with van der Waals surface area (Å²) in [5.74, 6) is 8.81. The zero-order valence-corrected chi connectivity index (χ0v) is 8.42. The van der Waals surface area contributed by atoms with Crippen LogP contribution in [0.15, 0.2) is 0 Å². The van der Waals surface area contributed by atoms with Gasteiger partial charge < -0.3 is 5.73 Å². The second-order valence-corrected chi connectivity index (χ2v) is 4.48. The van der Waals surface area contributed by atoms with Gasteiger partial charge in [0.25, 0.3) is 0 Å². The van der Waals surface area contributed by atoms with Gasteiger partial charge in [-0.3, -0.25) is 0 Å². The summed E-state index contributed by atoms with van der Waals surface area (Å²) in [6.45, 7) is 1.90. The van der Waals surface area contributed by atoms with Gasteiger partial charge in [-0.05, 0) is 37.5 Å². The molecule has 0 saturated heterocycles. The quantitative estimate of drug-likeness (QED) is 0.643. The Bertz CT molecular complexity index is 223. The van der Waals surface area contributed by atoms with E-state index in [9.17, 15) is 0 Å². The summed E-state index contributed by atoms with van der Waals surface area (Å²) in [7, 11) is 0. The average Bonchev–Trinajstić information content (AvgIpc) is 2.88. The Labute approximate surface area is 81.1 Å². The molecule has 3 atom stereocenters. The molecule has 3 unspecified atom stereocenters. The first-order valence-electron chi connectivity index (χ1n) is 5.49. The van der Waals surface area contributed by atoms with Gasteiger partial charge in [0.1, 0.15) is 0 Å². The van der Waals surface area contributed by atoms with Crippen molar-refractivity contribution in [3.8, 4) is 11.8 Å². The van der Waals surface area contributed by atoms with Gasteiger partial charge in [0, 0.05) is 12.5 Å². The van der Waals surface area contributed by atoms with Gasteiger partial charge in [0.05, 0.1) is 0 Å². The minimum absolute atomic E-state index is 0.362. The van der Waals surface area contributed by atoms with Crippen LogP contribution in [0.1, 0.15) is 39.0 Å². The number of hydrogen-bond acceptors (Lipinski definition) is 1. The third kappa shape index (κ3) is 1.74. The predicted octanol–water partition coefficient (Wildman–Crippen LogP) is 2.16. The minimum Gasteiger partial charge on any atom is -0.327 e. The first kappa shape index (κ1) is 9.09. The molecule has 0 amide bonds. The highest BCUT2D eigenvalue weighted by Gasteiger charge is 2.52. The second-order valence-electron chi connectivity index (χ2n) is 4.48. The zero-order valence-electron chi connectivity index (χ0n) is 8.42. The van der Waals surface area contributed by atoms with Crippen LogP contribution in [0.3, 0.4) is 0 Å². The Morgan fingerprint density at radius 2 is 1.92 bits per heavy atom. The normalized spacial score (nSPS) is 38.5. The fourth-order valence-corrected chi connectivity index (χ4v) is 3.04. The Morgan fingerprint density at radius 1 is 1.31 bits per heavy atom. The topological polar surface area (TPSA) is 26.0 Å². The molecule has 2 saturated carbocycles. The second kappa shape index (κ2) is 3.72. The van der Waals surface area contributed by atoms with Crippen LogP contribution in [0.2, 0.25) is 0 Å². The van der Waals surface area contributed by atoms with Crippen LogP contribution in [0.25, 0.3) is 0 Å².